The number of hydrogen-bond donors (Lipinski definition) is 1. The van der Waals surface area contributed by atoms with Crippen LogP contribution < -0.4 is 5.32 Å². The van der Waals surface area contributed by atoms with Crippen molar-refractivity contribution in [3.05, 3.63) is 10.4 Å². The van der Waals surface area contributed by atoms with Crippen LogP contribution in [0.2, 0.25) is 0 Å². The minimum absolute atomic E-state index is 0.178. The van der Waals surface area contributed by atoms with Crippen LogP contribution in [0.1, 0.15) is 0 Å². The van der Waals surface area contributed by atoms with E-state index in [1.54, 1.807) is 0 Å². The first-order chi connectivity index (χ1) is 7.19. The van der Waals surface area contributed by atoms with Crippen molar-refractivity contribution in [1.82, 2.24) is 5.32 Å². The summed E-state index contributed by atoms with van der Waals surface area (Å²) in [5.41, 5.74) is 8.19. The third-order valence-electron chi connectivity index (χ3n) is 1.90. The molecule has 0 aromatic rings. The van der Waals surface area contributed by atoms with Gasteiger partial charge in [-0.3, -0.25) is 9.59 Å². The molecule has 0 saturated carbocycles. The van der Waals surface area contributed by atoms with Crippen molar-refractivity contribution in [2.75, 3.05) is 18.6 Å². The molecule has 1 saturated heterocycles. The molecule has 0 spiro atoms. The summed E-state index contributed by atoms with van der Waals surface area (Å²) in [6.45, 7) is 0. The number of β-lactam (4-membered cyclic amide) rings is 1. The van der Waals surface area contributed by atoms with Crippen molar-refractivity contribution in [2.45, 2.75) is 12.1 Å². The Morgan fingerprint density at radius 2 is 2.53 bits per heavy atom. The van der Waals surface area contributed by atoms with Gasteiger partial charge in [0.05, 0.1) is 18.9 Å². The molecule has 0 aliphatic carbocycles. The molecular formula is C7H10N4O3S. The number of thioether (sulfide) groups is 1. The maximum Gasteiger partial charge on any atom is 0.315 e. The van der Waals surface area contributed by atoms with Crippen molar-refractivity contribution >= 4 is 23.6 Å². The van der Waals surface area contributed by atoms with E-state index in [0.717, 1.165) is 0 Å². The van der Waals surface area contributed by atoms with E-state index in [1.807, 2.05) is 0 Å². The number of nitrogens with one attached hydrogen (secondary N) is 1. The molecule has 82 valence electrons. The van der Waals surface area contributed by atoms with Crippen molar-refractivity contribution in [3.63, 3.8) is 0 Å². The lowest BCUT2D eigenvalue weighted by Crippen LogP contribution is -2.62. The summed E-state index contributed by atoms with van der Waals surface area (Å²) >= 11 is 1.33. The SMILES string of the molecule is COC(=O)CSC[C@@H]1NC(=O)C1N=[N+]=[N-]. The predicted octanol–water partition coefficient (Wildman–Crippen LogP) is 0.0699. The van der Waals surface area contributed by atoms with E-state index >= 15 is 0 Å². The van der Waals surface area contributed by atoms with Gasteiger partial charge in [0, 0.05) is 10.7 Å². The predicted molar refractivity (Wildman–Crippen MR) is 54.2 cm³/mol. The first kappa shape index (κ1) is 11.7. The maximum atomic E-state index is 10.9. The van der Waals surface area contributed by atoms with Gasteiger partial charge in [-0.1, -0.05) is 5.11 Å². The summed E-state index contributed by atoms with van der Waals surface area (Å²) in [4.78, 5) is 24.2. The van der Waals surface area contributed by atoms with E-state index in [1.165, 1.54) is 18.9 Å². The molecule has 1 aliphatic rings. The standard InChI is InChI=1S/C7H10N4O3S/c1-14-5(12)3-15-2-4-6(10-11-8)7(13)9-4/h4,6H,2-3H2,1H3,(H,9,13)/t4-,6?/m0/s1. The van der Waals surface area contributed by atoms with Gasteiger partial charge in [-0.25, -0.2) is 0 Å². The Balaban J connectivity index is 2.25. The Hall–Kier alpha value is -1.40. The molecule has 0 aromatic carbocycles. The second kappa shape index (κ2) is 5.47. The maximum absolute atomic E-state index is 10.9. The molecule has 1 amide bonds. The van der Waals surface area contributed by atoms with Crippen LogP contribution in [-0.2, 0) is 14.3 Å². The van der Waals surface area contributed by atoms with Crippen molar-refractivity contribution in [3.8, 4) is 0 Å². The summed E-state index contributed by atoms with van der Waals surface area (Å²) in [6.07, 6.45) is 0. The topological polar surface area (TPSA) is 104 Å². The zero-order valence-electron chi connectivity index (χ0n) is 8.04. The summed E-state index contributed by atoms with van der Waals surface area (Å²) in [5.74, 6) is 0.179. The van der Waals surface area contributed by atoms with Gasteiger partial charge in [0.2, 0.25) is 5.91 Å². The average molecular weight is 230 g/mol. The number of methoxy groups -OCH3 is 1. The lowest BCUT2D eigenvalue weighted by Gasteiger charge is -2.33. The van der Waals surface area contributed by atoms with Gasteiger partial charge < -0.3 is 10.1 Å². The summed E-state index contributed by atoms with van der Waals surface area (Å²) in [6, 6.07) is -0.816. The van der Waals surface area contributed by atoms with Crippen LogP contribution in [0.15, 0.2) is 5.11 Å². The molecule has 7 nitrogen and oxygen atoms in total. The van der Waals surface area contributed by atoms with E-state index in [9.17, 15) is 9.59 Å². The van der Waals surface area contributed by atoms with Gasteiger partial charge in [-0.05, 0) is 5.53 Å². The quantitative estimate of drug-likeness (QED) is 0.237. The number of carbonyl (C=O) groups is 2. The highest BCUT2D eigenvalue weighted by atomic mass is 32.2. The number of esters is 1. The fourth-order valence-corrected chi connectivity index (χ4v) is 2.00. The third-order valence-corrected chi connectivity index (χ3v) is 2.93. The minimum atomic E-state index is -0.639. The highest BCUT2D eigenvalue weighted by Crippen LogP contribution is 2.16. The lowest BCUT2D eigenvalue weighted by atomic mass is 10.0. The molecular weight excluding hydrogens is 220 g/mol. The van der Waals surface area contributed by atoms with E-state index in [0.29, 0.717) is 5.75 Å². The van der Waals surface area contributed by atoms with Crippen LogP contribution in [0.3, 0.4) is 0 Å². The fraction of sp³-hybridized carbons (Fsp3) is 0.714. The van der Waals surface area contributed by atoms with Crippen molar-refractivity contribution in [1.29, 1.82) is 0 Å². The third kappa shape index (κ3) is 3.03. The number of hydrogen-bond acceptors (Lipinski definition) is 5. The molecule has 1 fully saturated rings. The summed E-state index contributed by atoms with van der Waals surface area (Å²) in [7, 11) is 1.32. The number of ether oxygens (including phenoxy) is 1. The average Bonchev–Trinajstić information content (AvgIpc) is 2.24. The Morgan fingerprint density at radius 1 is 1.80 bits per heavy atom. The minimum Gasteiger partial charge on any atom is -0.468 e. The largest absolute Gasteiger partial charge is 0.468 e. The molecule has 8 heteroatoms. The zero-order chi connectivity index (χ0) is 11.3. The molecule has 15 heavy (non-hydrogen) atoms. The monoisotopic (exact) mass is 230 g/mol. The van der Waals surface area contributed by atoms with E-state index < -0.39 is 6.04 Å². The Morgan fingerprint density at radius 3 is 3.07 bits per heavy atom. The van der Waals surface area contributed by atoms with Gasteiger partial charge in [0.25, 0.3) is 0 Å². The molecule has 1 aliphatic heterocycles. The fourth-order valence-electron chi connectivity index (χ4n) is 1.08. The second-order valence-electron chi connectivity index (χ2n) is 2.86. The first-order valence-electron chi connectivity index (χ1n) is 4.18. The molecule has 0 radical (unpaired) electrons. The van der Waals surface area contributed by atoms with E-state index in [-0.39, 0.29) is 23.7 Å². The Bertz CT molecular complexity index is 313. The zero-order valence-corrected chi connectivity index (χ0v) is 8.86. The van der Waals surface area contributed by atoms with Gasteiger partial charge in [-0.15, -0.1) is 11.8 Å². The Labute approximate surface area is 90.2 Å². The summed E-state index contributed by atoms with van der Waals surface area (Å²) in [5, 5.41) is 5.94. The van der Waals surface area contributed by atoms with Gasteiger partial charge in [0.15, 0.2) is 0 Å². The summed E-state index contributed by atoms with van der Waals surface area (Å²) < 4.78 is 4.45. The van der Waals surface area contributed by atoms with Crippen LogP contribution in [0.25, 0.3) is 10.4 Å². The van der Waals surface area contributed by atoms with Gasteiger partial charge >= 0.3 is 5.97 Å². The number of azide groups is 1. The van der Waals surface area contributed by atoms with E-state index in [2.05, 4.69) is 20.1 Å². The molecule has 1 rings (SSSR count). The lowest BCUT2D eigenvalue weighted by molar-refractivity contribution is -0.137. The molecule has 0 bridgehead atoms. The molecule has 1 heterocycles. The van der Waals surface area contributed by atoms with Gasteiger partial charge in [-0.2, -0.15) is 0 Å². The van der Waals surface area contributed by atoms with Crippen molar-refractivity contribution < 1.29 is 14.3 Å². The highest BCUT2D eigenvalue weighted by Gasteiger charge is 2.38. The van der Waals surface area contributed by atoms with Gasteiger partial charge in [0.1, 0.15) is 6.04 Å². The number of nitrogens with zero attached hydrogens (tertiary/aromatic N) is 3. The van der Waals surface area contributed by atoms with E-state index in [4.69, 9.17) is 5.53 Å². The van der Waals surface area contributed by atoms with Crippen LogP contribution >= 0.6 is 11.8 Å². The normalized spacial score (nSPS) is 23.4. The first-order valence-corrected chi connectivity index (χ1v) is 5.33. The van der Waals surface area contributed by atoms with Crippen LogP contribution in [0.4, 0.5) is 0 Å². The van der Waals surface area contributed by atoms with Crippen molar-refractivity contribution in [2.24, 2.45) is 5.11 Å². The highest BCUT2D eigenvalue weighted by molar-refractivity contribution is 7.99. The molecule has 1 N–H and O–H groups in total. The molecule has 1 unspecified atom stereocenters. The van der Waals surface area contributed by atoms with Crippen LogP contribution in [0, 0.1) is 0 Å². The second-order valence-corrected chi connectivity index (χ2v) is 3.89. The van der Waals surface area contributed by atoms with Crippen LogP contribution in [0.5, 0.6) is 0 Å². The number of rotatable bonds is 5. The Kier molecular flexibility index (Phi) is 4.26. The number of amides is 1. The smallest absolute Gasteiger partial charge is 0.315 e. The van der Waals surface area contributed by atoms with Crippen LogP contribution in [-0.4, -0.2) is 42.6 Å². The molecule has 2 atom stereocenters. The molecule has 0 aromatic heterocycles. The number of carbonyl (C=O) groups excluding carboxylic acids is 2.